The van der Waals surface area contributed by atoms with Crippen molar-refractivity contribution in [3.05, 3.63) is 48.5 Å². The molecule has 0 saturated heterocycles. The third-order valence-electron chi connectivity index (χ3n) is 5.21. The number of rotatable bonds is 4. The second-order valence-electron chi connectivity index (χ2n) is 7.09. The van der Waals surface area contributed by atoms with Gasteiger partial charge in [-0.05, 0) is 42.2 Å². The molecule has 0 radical (unpaired) electrons. The Morgan fingerprint density at radius 2 is 1.85 bits per heavy atom. The van der Waals surface area contributed by atoms with Crippen LogP contribution in [0.15, 0.2) is 47.0 Å². The minimum atomic E-state index is 0.506. The smallest absolute Gasteiger partial charge is 0.248 e. The minimum Gasteiger partial charge on any atom is -0.421 e. The van der Waals surface area contributed by atoms with Gasteiger partial charge in [0.15, 0.2) is 0 Å². The Morgan fingerprint density at radius 3 is 2.63 bits per heavy atom. The summed E-state index contributed by atoms with van der Waals surface area (Å²) in [6, 6.07) is 12.8. The molecule has 6 nitrogen and oxygen atoms in total. The summed E-state index contributed by atoms with van der Waals surface area (Å²) in [6.45, 7) is 1.81. The molecule has 0 spiro atoms. The molecule has 1 aliphatic rings. The molecule has 6 heteroatoms. The maximum Gasteiger partial charge on any atom is 0.248 e. The Labute approximate surface area is 157 Å². The van der Waals surface area contributed by atoms with Gasteiger partial charge < -0.3 is 14.7 Å². The van der Waals surface area contributed by atoms with Crippen molar-refractivity contribution in [1.29, 1.82) is 0 Å². The number of nitrogens with one attached hydrogen (secondary N) is 2. The summed E-state index contributed by atoms with van der Waals surface area (Å²) >= 11 is 0. The molecule has 3 aromatic heterocycles. The third-order valence-corrected chi connectivity index (χ3v) is 5.21. The third kappa shape index (κ3) is 2.97. The van der Waals surface area contributed by atoms with Gasteiger partial charge in [0.25, 0.3) is 0 Å². The van der Waals surface area contributed by atoms with E-state index in [9.17, 15) is 0 Å². The Hall–Kier alpha value is -3.15. The first-order valence-electron chi connectivity index (χ1n) is 9.42. The van der Waals surface area contributed by atoms with Crippen LogP contribution in [0.2, 0.25) is 0 Å². The topological polar surface area (TPSA) is 79.6 Å². The average Bonchev–Trinajstić information content (AvgIpc) is 3.43. The number of aromatic amines is 1. The van der Waals surface area contributed by atoms with Crippen LogP contribution in [0.25, 0.3) is 33.6 Å². The first kappa shape index (κ1) is 16.1. The normalized spacial score (nSPS) is 14.9. The molecule has 2 N–H and O–H groups in total. The van der Waals surface area contributed by atoms with Crippen molar-refractivity contribution in [1.82, 2.24) is 20.2 Å². The van der Waals surface area contributed by atoms with Crippen LogP contribution in [0.4, 0.5) is 5.82 Å². The van der Waals surface area contributed by atoms with Crippen molar-refractivity contribution in [2.45, 2.75) is 38.6 Å². The van der Waals surface area contributed by atoms with E-state index >= 15 is 0 Å². The van der Waals surface area contributed by atoms with E-state index in [4.69, 9.17) is 9.40 Å². The lowest BCUT2D eigenvalue weighted by Crippen LogP contribution is -2.15. The number of hydrogen-bond acceptors (Lipinski definition) is 5. The summed E-state index contributed by atoms with van der Waals surface area (Å²) in [5.74, 6) is 2.00. The fourth-order valence-corrected chi connectivity index (χ4v) is 3.92. The molecule has 0 atom stereocenters. The van der Waals surface area contributed by atoms with Gasteiger partial charge in [-0.2, -0.15) is 0 Å². The predicted molar refractivity (Wildman–Crippen MR) is 105 cm³/mol. The lowest BCUT2D eigenvalue weighted by molar-refractivity contribution is 0.533. The zero-order chi connectivity index (χ0) is 18.2. The van der Waals surface area contributed by atoms with Crippen LogP contribution in [-0.4, -0.2) is 26.2 Å². The molecular weight excluding hydrogens is 338 g/mol. The molecule has 3 heterocycles. The van der Waals surface area contributed by atoms with Gasteiger partial charge in [0.2, 0.25) is 11.8 Å². The average molecular weight is 359 g/mol. The minimum absolute atomic E-state index is 0.506. The molecule has 0 amide bonds. The van der Waals surface area contributed by atoms with E-state index in [0.29, 0.717) is 17.8 Å². The van der Waals surface area contributed by atoms with Gasteiger partial charge >= 0.3 is 0 Å². The van der Waals surface area contributed by atoms with Crippen molar-refractivity contribution in [2.24, 2.45) is 0 Å². The number of nitrogens with zero attached hydrogens (tertiary/aromatic N) is 3. The maximum atomic E-state index is 5.70. The van der Waals surface area contributed by atoms with E-state index < -0.39 is 0 Å². The number of H-pyrrole nitrogens is 1. The van der Waals surface area contributed by atoms with E-state index in [1.165, 1.54) is 25.7 Å². The second-order valence-corrected chi connectivity index (χ2v) is 7.09. The first-order valence-corrected chi connectivity index (χ1v) is 9.42. The molecule has 1 aromatic carbocycles. The van der Waals surface area contributed by atoms with E-state index in [1.807, 2.05) is 24.4 Å². The molecular formula is C21H21N5O. The van der Waals surface area contributed by atoms with Crippen LogP contribution < -0.4 is 5.32 Å². The van der Waals surface area contributed by atoms with Gasteiger partial charge in [0.1, 0.15) is 11.5 Å². The van der Waals surface area contributed by atoms with Gasteiger partial charge in [-0.25, -0.2) is 4.98 Å². The highest BCUT2D eigenvalue weighted by molar-refractivity contribution is 5.98. The number of anilines is 1. The zero-order valence-electron chi connectivity index (χ0n) is 15.2. The van der Waals surface area contributed by atoms with Crippen LogP contribution in [0, 0.1) is 6.92 Å². The van der Waals surface area contributed by atoms with Gasteiger partial charge in [0.05, 0.1) is 0 Å². The summed E-state index contributed by atoms with van der Waals surface area (Å²) in [5.41, 5.74) is 3.97. The fourth-order valence-electron chi connectivity index (χ4n) is 3.92. The Bertz CT molecular complexity index is 1090. The largest absolute Gasteiger partial charge is 0.421 e. The van der Waals surface area contributed by atoms with Gasteiger partial charge in [-0.15, -0.1) is 10.2 Å². The molecule has 0 bridgehead atoms. The fraction of sp³-hybridized carbons (Fsp3) is 0.286. The van der Waals surface area contributed by atoms with Crippen LogP contribution in [0.1, 0.15) is 31.6 Å². The van der Waals surface area contributed by atoms with E-state index in [-0.39, 0.29) is 0 Å². The molecule has 1 aliphatic carbocycles. The summed E-state index contributed by atoms with van der Waals surface area (Å²) in [7, 11) is 0. The lowest BCUT2D eigenvalue weighted by Gasteiger charge is -2.15. The van der Waals surface area contributed by atoms with E-state index in [2.05, 4.69) is 38.7 Å². The molecule has 5 rings (SSSR count). The Morgan fingerprint density at radius 1 is 1.04 bits per heavy atom. The summed E-state index contributed by atoms with van der Waals surface area (Å²) < 4.78 is 5.70. The van der Waals surface area contributed by atoms with E-state index in [1.54, 1.807) is 6.92 Å². The van der Waals surface area contributed by atoms with Gasteiger partial charge in [-0.1, -0.05) is 31.0 Å². The standard InChI is InChI=1S/C21H21N5O/c1-13-25-26-21(27-13)17-9-5-4-8-15(17)18-12-19(23-14-6-2-3-7-14)24-20-16(18)10-11-22-20/h4-5,8-12,14H,2-3,6-7H2,1H3,(H2,22,23,24). The monoisotopic (exact) mass is 359 g/mol. The number of pyridine rings is 1. The highest BCUT2D eigenvalue weighted by Crippen LogP contribution is 2.36. The molecule has 0 aliphatic heterocycles. The predicted octanol–water partition coefficient (Wildman–Crippen LogP) is 4.94. The van der Waals surface area contributed by atoms with Crippen molar-refractivity contribution in [2.75, 3.05) is 5.32 Å². The molecule has 1 saturated carbocycles. The van der Waals surface area contributed by atoms with Crippen molar-refractivity contribution in [3.63, 3.8) is 0 Å². The van der Waals surface area contributed by atoms with Crippen LogP contribution in [-0.2, 0) is 0 Å². The van der Waals surface area contributed by atoms with Gasteiger partial charge in [0, 0.05) is 30.1 Å². The number of benzene rings is 1. The molecule has 0 unspecified atom stereocenters. The van der Waals surface area contributed by atoms with E-state index in [0.717, 1.165) is 33.5 Å². The van der Waals surface area contributed by atoms with Crippen LogP contribution in [0.3, 0.4) is 0 Å². The number of aromatic nitrogens is 4. The number of aryl methyl sites for hydroxylation is 1. The Balaban J connectivity index is 1.65. The highest BCUT2D eigenvalue weighted by atomic mass is 16.4. The summed E-state index contributed by atoms with van der Waals surface area (Å²) in [6.07, 6.45) is 6.92. The van der Waals surface area contributed by atoms with Crippen molar-refractivity contribution >= 4 is 16.9 Å². The number of fused-ring (bicyclic) bond motifs is 1. The summed E-state index contributed by atoms with van der Waals surface area (Å²) in [5, 5.41) is 12.9. The lowest BCUT2D eigenvalue weighted by atomic mass is 9.98. The quantitative estimate of drug-likeness (QED) is 0.539. The van der Waals surface area contributed by atoms with Crippen molar-refractivity contribution < 1.29 is 4.42 Å². The highest BCUT2D eigenvalue weighted by Gasteiger charge is 2.19. The molecule has 1 fully saturated rings. The first-order chi connectivity index (χ1) is 13.3. The molecule has 4 aromatic rings. The van der Waals surface area contributed by atoms with Crippen LogP contribution >= 0.6 is 0 Å². The number of hydrogen-bond donors (Lipinski definition) is 2. The van der Waals surface area contributed by atoms with Crippen molar-refractivity contribution in [3.8, 4) is 22.6 Å². The molecule has 136 valence electrons. The summed E-state index contributed by atoms with van der Waals surface area (Å²) in [4.78, 5) is 8.03. The zero-order valence-corrected chi connectivity index (χ0v) is 15.2. The molecule has 27 heavy (non-hydrogen) atoms. The maximum absolute atomic E-state index is 5.70. The SMILES string of the molecule is Cc1nnc(-c2ccccc2-c2cc(NC3CCCC3)nc3[nH]ccc23)o1. The van der Waals surface area contributed by atoms with Gasteiger partial charge in [-0.3, -0.25) is 0 Å². The van der Waals surface area contributed by atoms with Crippen LogP contribution in [0.5, 0.6) is 0 Å². The second kappa shape index (κ2) is 6.54. The Kier molecular flexibility index (Phi) is 3.89.